The molecule has 1 unspecified atom stereocenters. The van der Waals surface area contributed by atoms with Crippen LogP contribution < -0.4 is 5.32 Å². The van der Waals surface area contributed by atoms with Crippen LogP contribution in [0.4, 0.5) is 5.69 Å². The number of hydrogen-bond acceptors (Lipinski definition) is 3. The fraction of sp³-hybridized carbons (Fsp3) is 0.300. The van der Waals surface area contributed by atoms with Crippen LogP contribution in [0.25, 0.3) is 0 Å². The van der Waals surface area contributed by atoms with E-state index < -0.39 is 0 Å². The summed E-state index contributed by atoms with van der Waals surface area (Å²) in [5, 5.41) is 2.85. The molecule has 25 heavy (non-hydrogen) atoms. The van der Waals surface area contributed by atoms with Crippen LogP contribution in [0, 0.1) is 6.92 Å². The molecule has 1 aliphatic heterocycles. The summed E-state index contributed by atoms with van der Waals surface area (Å²) < 4.78 is 5.48. The number of carbonyl (C=O) groups excluding carboxylic acids is 2. The van der Waals surface area contributed by atoms with E-state index in [0.29, 0.717) is 36.5 Å². The van der Waals surface area contributed by atoms with Crippen molar-refractivity contribution >= 4 is 17.5 Å². The predicted molar refractivity (Wildman–Crippen MR) is 96.9 cm³/mol. The van der Waals surface area contributed by atoms with Gasteiger partial charge < -0.3 is 15.0 Å². The number of nitrogens with zero attached hydrogens (tertiary/aromatic N) is 1. The van der Waals surface area contributed by atoms with Crippen molar-refractivity contribution < 1.29 is 14.3 Å². The van der Waals surface area contributed by atoms with Crippen molar-refractivity contribution in [2.75, 3.05) is 25.0 Å². The van der Waals surface area contributed by atoms with Crippen LogP contribution in [-0.2, 0) is 4.74 Å². The maximum atomic E-state index is 12.6. The molecule has 1 heterocycles. The molecule has 0 aromatic heterocycles. The van der Waals surface area contributed by atoms with Gasteiger partial charge in [0.05, 0.1) is 12.7 Å². The van der Waals surface area contributed by atoms with Crippen molar-refractivity contribution in [3.05, 3.63) is 65.2 Å². The zero-order valence-corrected chi connectivity index (χ0v) is 14.5. The van der Waals surface area contributed by atoms with Gasteiger partial charge >= 0.3 is 0 Å². The van der Waals surface area contributed by atoms with Crippen molar-refractivity contribution in [2.24, 2.45) is 0 Å². The van der Waals surface area contributed by atoms with E-state index in [1.807, 2.05) is 26.0 Å². The molecule has 5 heteroatoms. The molecule has 1 fully saturated rings. The van der Waals surface area contributed by atoms with Gasteiger partial charge in [-0.2, -0.15) is 0 Å². The van der Waals surface area contributed by atoms with Crippen molar-refractivity contribution in [2.45, 2.75) is 20.0 Å². The number of anilines is 1. The van der Waals surface area contributed by atoms with Crippen LogP contribution in [0.3, 0.4) is 0 Å². The van der Waals surface area contributed by atoms with Crippen LogP contribution in [0.15, 0.2) is 48.5 Å². The van der Waals surface area contributed by atoms with Gasteiger partial charge in [-0.1, -0.05) is 23.8 Å². The fourth-order valence-corrected chi connectivity index (χ4v) is 2.82. The molecule has 130 valence electrons. The van der Waals surface area contributed by atoms with Crippen molar-refractivity contribution in [3.63, 3.8) is 0 Å². The van der Waals surface area contributed by atoms with E-state index in [-0.39, 0.29) is 17.9 Å². The second kappa shape index (κ2) is 7.49. The highest BCUT2D eigenvalue weighted by atomic mass is 16.5. The molecule has 0 bridgehead atoms. The molecule has 3 rings (SSSR count). The highest BCUT2D eigenvalue weighted by Crippen LogP contribution is 2.16. The first-order valence-electron chi connectivity index (χ1n) is 8.42. The first kappa shape index (κ1) is 17.2. The van der Waals surface area contributed by atoms with Crippen LogP contribution in [0.5, 0.6) is 0 Å². The van der Waals surface area contributed by atoms with E-state index in [4.69, 9.17) is 4.74 Å². The second-order valence-electron chi connectivity index (χ2n) is 6.33. The Kier molecular flexibility index (Phi) is 5.14. The molecule has 2 aromatic carbocycles. The van der Waals surface area contributed by atoms with Crippen LogP contribution >= 0.6 is 0 Å². The maximum absolute atomic E-state index is 12.6. The smallest absolute Gasteiger partial charge is 0.255 e. The third kappa shape index (κ3) is 4.25. The van der Waals surface area contributed by atoms with E-state index >= 15 is 0 Å². The van der Waals surface area contributed by atoms with Gasteiger partial charge in [0.1, 0.15) is 0 Å². The molecule has 1 atom stereocenters. The van der Waals surface area contributed by atoms with Gasteiger partial charge in [0.2, 0.25) is 0 Å². The fourth-order valence-electron chi connectivity index (χ4n) is 2.82. The van der Waals surface area contributed by atoms with Gasteiger partial charge in [-0.05, 0) is 44.2 Å². The predicted octanol–water partition coefficient (Wildman–Crippen LogP) is 3.11. The summed E-state index contributed by atoms with van der Waals surface area (Å²) in [6.45, 7) is 5.65. The Morgan fingerprint density at radius 3 is 2.60 bits per heavy atom. The maximum Gasteiger partial charge on any atom is 0.255 e. The number of amides is 2. The zero-order chi connectivity index (χ0) is 17.8. The number of rotatable bonds is 3. The summed E-state index contributed by atoms with van der Waals surface area (Å²) >= 11 is 0. The largest absolute Gasteiger partial charge is 0.375 e. The summed E-state index contributed by atoms with van der Waals surface area (Å²) in [6.07, 6.45) is 0.0436. The Bertz CT molecular complexity index is 771. The van der Waals surface area contributed by atoms with Gasteiger partial charge in [0.15, 0.2) is 0 Å². The molecule has 2 aromatic rings. The summed E-state index contributed by atoms with van der Waals surface area (Å²) in [5.41, 5.74) is 2.86. The number of carbonyl (C=O) groups is 2. The molecular weight excluding hydrogens is 316 g/mol. The lowest BCUT2D eigenvalue weighted by Gasteiger charge is -2.31. The first-order valence-corrected chi connectivity index (χ1v) is 8.42. The monoisotopic (exact) mass is 338 g/mol. The average Bonchev–Trinajstić information content (AvgIpc) is 2.62. The Labute approximate surface area is 147 Å². The summed E-state index contributed by atoms with van der Waals surface area (Å²) in [5.74, 6) is -0.230. The van der Waals surface area contributed by atoms with E-state index in [1.54, 1.807) is 41.3 Å². The lowest BCUT2D eigenvalue weighted by atomic mass is 10.1. The van der Waals surface area contributed by atoms with Crippen LogP contribution in [0.1, 0.15) is 33.2 Å². The number of nitrogens with one attached hydrogen (secondary N) is 1. The molecule has 1 aliphatic rings. The summed E-state index contributed by atoms with van der Waals surface area (Å²) in [4.78, 5) is 26.8. The van der Waals surface area contributed by atoms with E-state index in [9.17, 15) is 9.59 Å². The minimum atomic E-state index is -0.190. The Morgan fingerprint density at radius 2 is 1.88 bits per heavy atom. The van der Waals surface area contributed by atoms with Gasteiger partial charge in [0, 0.05) is 29.9 Å². The molecule has 5 nitrogen and oxygen atoms in total. The van der Waals surface area contributed by atoms with Crippen LogP contribution in [-0.4, -0.2) is 42.5 Å². The zero-order valence-electron chi connectivity index (χ0n) is 14.5. The molecule has 0 spiro atoms. The van der Waals surface area contributed by atoms with E-state index in [2.05, 4.69) is 5.32 Å². The Balaban J connectivity index is 1.71. The van der Waals surface area contributed by atoms with E-state index in [1.165, 1.54) is 0 Å². The van der Waals surface area contributed by atoms with Crippen molar-refractivity contribution in [3.8, 4) is 0 Å². The highest BCUT2D eigenvalue weighted by molar-refractivity contribution is 6.05. The van der Waals surface area contributed by atoms with Gasteiger partial charge in [0.25, 0.3) is 11.8 Å². The first-order chi connectivity index (χ1) is 12.0. The topological polar surface area (TPSA) is 58.6 Å². The standard InChI is InChI=1S/C20H22N2O3/c1-14-6-8-16(9-7-14)19(23)21-18-5-3-4-17(12-18)20(24)22-10-11-25-15(2)13-22/h3-9,12,15H,10-11,13H2,1-2H3,(H,21,23). The molecule has 0 saturated carbocycles. The number of aryl methyl sites for hydroxylation is 1. The van der Waals surface area contributed by atoms with Crippen molar-refractivity contribution in [1.29, 1.82) is 0 Å². The second-order valence-corrected chi connectivity index (χ2v) is 6.33. The quantitative estimate of drug-likeness (QED) is 0.935. The Hall–Kier alpha value is -2.66. The average molecular weight is 338 g/mol. The molecule has 0 radical (unpaired) electrons. The lowest BCUT2D eigenvalue weighted by Crippen LogP contribution is -2.44. The minimum Gasteiger partial charge on any atom is -0.375 e. The third-order valence-electron chi connectivity index (χ3n) is 4.21. The third-order valence-corrected chi connectivity index (χ3v) is 4.21. The molecule has 1 saturated heterocycles. The van der Waals surface area contributed by atoms with Gasteiger partial charge in [-0.3, -0.25) is 9.59 Å². The SMILES string of the molecule is Cc1ccc(C(=O)Nc2cccc(C(=O)N3CCOC(C)C3)c2)cc1. The molecule has 1 N–H and O–H groups in total. The summed E-state index contributed by atoms with van der Waals surface area (Å²) in [7, 11) is 0. The normalized spacial score (nSPS) is 17.2. The highest BCUT2D eigenvalue weighted by Gasteiger charge is 2.22. The van der Waals surface area contributed by atoms with Gasteiger partial charge in [-0.15, -0.1) is 0 Å². The molecular formula is C20H22N2O3. The van der Waals surface area contributed by atoms with Crippen molar-refractivity contribution in [1.82, 2.24) is 4.90 Å². The molecule has 0 aliphatic carbocycles. The number of hydrogen-bond donors (Lipinski definition) is 1. The molecule has 2 amide bonds. The number of morpholine rings is 1. The van der Waals surface area contributed by atoms with E-state index in [0.717, 1.165) is 5.56 Å². The number of ether oxygens (including phenoxy) is 1. The van der Waals surface area contributed by atoms with Crippen LogP contribution in [0.2, 0.25) is 0 Å². The lowest BCUT2D eigenvalue weighted by molar-refractivity contribution is -0.0124. The minimum absolute atomic E-state index is 0.0402. The summed E-state index contributed by atoms with van der Waals surface area (Å²) in [6, 6.07) is 14.4. The van der Waals surface area contributed by atoms with Gasteiger partial charge in [-0.25, -0.2) is 0 Å². The number of benzene rings is 2. The Morgan fingerprint density at radius 1 is 1.12 bits per heavy atom.